The minimum absolute atomic E-state index is 0.00208. The summed E-state index contributed by atoms with van der Waals surface area (Å²) in [7, 11) is 6.81. The molecule has 0 fully saturated rings. The SMILES string of the molecule is COc1c(OC)c(OC)c2c(=O)c(OC)c(-c3cccc(O)c3O)oc2c1OC. The molecule has 9 nitrogen and oxygen atoms in total. The maximum atomic E-state index is 13.3. The Bertz CT molecular complexity index is 1130. The molecule has 2 N–H and O–H groups in total. The molecule has 154 valence electrons. The van der Waals surface area contributed by atoms with Crippen LogP contribution in [0.4, 0.5) is 0 Å². The van der Waals surface area contributed by atoms with Crippen LogP contribution in [0.5, 0.6) is 40.2 Å². The van der Waals surface area contributed by atoms with Crippen molar-refractivity contribution in [3.05, 3.63) is 28.4 Å². The van der Waals surface area contributed by atoms with E-state index in [1.165, 1.54) is 53.7 Å². The van der Waals surface area contributed by atoms with Crippen molar-refractivity contribution < 1.29 is 38.3 Å². The lowest BCUT2D eigenvalue weighted by Gasteiger charge is -2.19. The third-order valence-electron chi connectivity index (χ3n) is 4.40. The van der Waals surface area contributed by atoms with E-state index in [1.807, 2.05) is 0 Å². The molecule has 0 atom stereocenters. The van der Waals surface area contributed by atoms with Crippen molar-refractivity contribution in [3.63, 3.8) is 0 Å². The van der Waals surface area contributed by atoms with Crippen molar-refractivity contribution in [2.45, 2.75) is 0 Å². The van der Waals surface area contributed by atoms with Crippen molar-refractivity contribution in [1.29, 1.82) is 0 Å². The summed E-state index contributed by atoms with van der Waals surface area (Å²) in [5, 5.41) is 20.1. The van der Waals surface area contributed by atoms with Gasteiger partial charge < -0.3 is 38.3 Å². The van der Waals surface area contributed by atoms with Gasteiger partial charge in [-0.15, -0.1) is 0 Å². The smallest absolute Gasteiger partial charge is 0.239 e. The molecule has 0 radical (unpaired) electrons. The van der Waals surface area contributed by atoms with Gasteiger partial charge in [0.2, 0.25) is 28.4 Å². The van der Waals surface area contributed by atoms with E-state index in [1.54, 1.807) is 0 Å². The maximum Gasteiger partial charge on any atom is 0.239 e. The molecule has 0 bridgehead atoms. The van der Waals surface area contributed by atoms with E-state index in [0.29, 0.717) is 0 Å². The Hall–Kier alpha value is -3.75. The maximum absolute atomic E-state index is 13.3. The lowest BCUT2D eigenvalue weighted by atomic mass is 10.1. The van der Waals surface area contributed by atoms with Gasteiger partial charge in [0, 0.05) is 0 Å². The molecule has 0 aliphatic rings. The lowest BCUT2D eigenvalue weighted by molar-refractivity contribution is 0.306. The highest BCUT2D eigenvalue weighted by atomic mass is 16.5. The van der Waals surface area contributed by atoms with Crippen molar-refractivity contribution >= 4 is 11.0 Å². The Morgan fingerprint density at radius 2 is 1.31 bits per heavy atom. The zero-order valence-electron chi connectivity index (χ0n) is 16.5. The molecule has 0 saturated heterocycles. The molecule has 0 aliphatic heterocycles. The number of methoxy groups -OCH3 is 5. The summed E-state index contributed by atoms with van der Waals surface area (Å²) in [6.07, 6.45) is 0. The first kappa shape index (κ1) is 20.0. The van der Waals surface area contributed by atoms with Gasteiger partial charge in [-0.25, -0.2) is 0 Å². The standard InChI is InChI=1S/C20H20O9/c1-24-15-11-13(23)17(25-2)14(9-7-6-8-10(21)12(9)22)29-16(11)19(27-4)20(28-5)18(15)26-3/h6-8,21-22H,1-5H3. The number of aromatic hydroxyl groups is 2. The van der Waals surface area contributed by atoms with Gasteiger partial charge in [-0.2, -0.15) is 0 Å². The van der Waals surface area contributed by atoms with E-state index in [4.69, 9.17) is 28.1 Å². The van der Waals surface area contributed by atoms with Crippen molar-refractivity contribution in [3.8, 4) is 51.6 Å². The van der Waals surface area contributed by atoms with E-state index >= 15 is 0 Å². The van der Waals surface area contributed by atoms with Crippen LogP contribution in [0.1, 0.15) is 0 Å². The Balaban J connectivity index is 2.59. The van der Waals surface area contributed by atoms with Crippen LogP contribution in [0.25, 0.3) is 22.3 Å². The number of fused-ring (bicyclic) bond motifs is 1. The third-order valence-corrected chi connectivity index (χ3v) is 4.40. The highest BCUT2D eigenvalue weighted by Gasteiger charge is 2.30. The van der Waals surface area contributed by atoms with Crippen LogP contribution in [0.3, 0.4) is 0 Å². The highest BCUT2D eigenvalue weighted by molar-refractivity contribution is 5.97. The van der Waals surface area contributed by atoms with E-state index in [2.05, 4.69) is 0 Å². The molecule has 3 aromatic rings. The van der Waals surface area contributed by atoms with Gasteiger partial charge in [0.25, 0.3) is 0 Å². The first-order valence-corrected chi connectivity index (χ1v) is 8.37. The minimum Gasteiger partial charge on any atom is -0.504 e. The summed E-state index contributed by atoms with van der Waals surface area (Å²) in [5.74, 6) is -0.721. The summed E-state index contributed by atoms with van der Waals surface area (Å²) >= 11 is 0. The van der Waals surface area contributed by atoms with Crippen LogP contribution in [0.15, 0.2) is 27.4 Å². The number of hydrogen-bond donors (Lipinski definition) is 2. The number of rotatable bonds is 6. The molecule has 3 rings (SSSR count). The van der Waals surface area contributed by atoms with Gasteiger partial charge in [0.1, 0.15) is 5.39 Å². The fourth-order valence-electron chi connectivity index (χ4n) is 3.14. The normalized spacial score (nSPS) is 10.7. The molecule has 0 saturated carbocycles. The summed E-state index contributed by atoms with van der Waals surface area (Å²) < 4.78 is 32.8. The molecule has 0 spiro atoms. The average Bonchev–Trinajstić information content (AvgIpc) is 2.73. The first-order valence-electron chi connectivity index (χ1n) is 8.37. The molecular weight excluding hydrogens is 384 g/mol. The fraction of sp³-hybridized carbons (Fsp3) is 0.250. The first-order chi connectivity index (χ1) is 13.9. The molecule has 1 aromatic heterocycles. The predicted octanol–water partition coefficient (Wildman–Crippen LogP) is 2.91. The Morgan fingerprint density at radius 3 is 1.86 bits per heavy atom. The lowest BCUT2D eigenvalue weighted by Crippen LogP contribution is -2.11. The monoisotopic (exact) mass is 404 g/mol. The quantitative estimate of drug-likeness (QED) is 0.598. The number of benzene rings is 2. The number of hydrogen-bond acceptors (Lipinski definition) is 9. The second-order valence-electron chi connectivity index (χ2n) is 5.80. The zero-order valence-corrected chi connectivity index (χ0v) is 16.5. The topological polar surface area (TPSA) is 117 Å². The largest absolute Gasteiger partial charge is 0.504 e. The molecule has 0 aliphatic carbocycles. The predicted molar refractivity (Wildman–Crippen MR) is 104 cm³/mol. The number of phenols is 2. The van der Waals surface area contributed by atoms with Crippen LogP contribution in [0.2, 0.25) is 0 Å². The van der Waals surface area contributed by atoms with Crippen LogP contribution >= 0.6 is 0 Å². The summed E-state index contributed by atoms with van der Waals surface area (Å²) in [5.41, 5.74) is -0.551. The second-order valence-corrected chi connectivity index (χ2v) is 5.80. The molecule has 9 heteroatoms. The third kappa shape index (κ3) is 2.91. The minimum atomic E-state index is -0.595. The number of para-hydroxylation sites is 1. The second kappa shape index (κ2) is 7.70. The van der Waals surface area contributed by atoms with Gasteiger partial charge in [-0.3, -0.25) is 4.79 Å². The summed E-state index contributed by atoms with van der Waals surface area (Å²) in [4.78, 5) is 13.3. The van der Waals surface area contributed by atoms with E-state index in [-0.39, 0.29) is 56.8 Å². The molecule has 0 amide bonds. The average molecular weight is 404 g/mol. The Morgan fingerprint density at radius 1 is 0.759 bits per heavy atom. The molecule has 1 heterocycles. The Kier molecular flexibility index (Phi) is 5.31. The molecule has 29 heavy (non-hydrogen) atoms. The Labute approximate surface area is 165 Å². The van der Waals surface area contributed by atoms with E-state index in [0.717, 1.165) is 0 Å². The molecule has 0 unspecified atom stereocenters. The van der Waals surface area contributed by atoms with Crippen LogP contribution in [-0.2, 0) is 0 Å². The van der Waals surface area contributed by atoms with Crippen molar-refractivity contribution in [2.75, 3.05) is 35.5 Å². The molecule has 2 aromatic carbocycles. The van der Waals surface area contributed by atoms with Gasteiger partial charge >= 0.3 is 0 Å². The van der Waals surface area contributed by atoms with Gasteiger partial charge in [0.15, 0.2) is 28.6 Å². The van der Waals surface area contributed by atoms with E-state index < -0.39 is 11.2 Å². The van der Waals surface area contributed by atoms with Crippen molar-refractivity contribution in [1.82, 2.24) is 0 Å². The van der Waals surface area contributed by atoms with Gasteiger partial charge in [-0.05, 0) is 12.1 Å². The van der Waals surface area contributed by atoms with Crippen molar-refractivity contribution in [2.24, 2.45) is 0 Å². The summed E-state index contributed by atoms with van der Waals surface area (Å²) in [6.45, 7) is 0. The van der Waals surface area contributed by atoms with E-state index in [9.17, 15) is 15.0 Å². The highest BCUT2D eigenvalue weighted by Crippen LogP contribution is 2.52. The van der Waals surface area contributed by atoms with Crippen LogP contribution < -0.4 is 29.1 Å². The van der Waals surface area contributed by atoms with Crippen LogP contribution in [-0.4, -0.2) is 45.8 Å². The van der Waals surface area contributed by atoms with Gasteiger partial charge in [0.05, 0.1) is 41.1 Å². The number of ether oxygens (including phenoxy) is 5. The summed E-state index contributed by atoms with van der Waals surface area (Å²) in [6, 6.07) is 4.24. The van der Waals surface area contributed by atoms with Gasteiger partial charge in [-0.1, -0.05) is 6.07 Å². The zero-order chi connectivity index (χ0) is 21.3. The number of phenolic OH excluding ortho intramolecular Hbond substituents is 2. The molecular formula is C20H20O9. The van der Waals surface area contributed by atoms with Crippen LogP contribution in [0, 0.1) is 0 Å². The fourth-order valence-corrected chi connectivity index (χ4v) is 3.14.